The molecule has 0 spiro atoms. The number of rotatable bonds is 5. The molecule has 1 nitrogen and oxygen atoms in total. The third-order valence-corrected chi connectivity index (χ3v) is 4.60. The Bertz CT molecular complexity index is 409. The number of hydrogen-bond acceptors (Lipinski definition) is 1. The second-order valence-electron chi connectivity index (χ2n) is 5.58. The average molecular weight is 276 g/mol. The van der Waals surface area contributed by atoms with Gasteiger partial charge >= 0.3 is 0 Å². The van der Waals surface area contributed by atoms with Crippen molar-refractivity contribution >= 4 is 29.4 Å². The molecule has 2 atom stereocenters. The van der Waals surface area contributed by atoms with Crippen molar-refractivity contribution in [2.75, 3.05) is 6.26 Å². The van der Waals surface area contributed by atoms with Crippen LogP contribution in [-0.4, -0.2) is 19.4 Å². The SMILES string of the molecule is C=S(C)OC(c1ccc(BC)cc1)C1CCCCC1. The quantitative estimate of drug-likeness (QED) is 0.589. The third kappa shape index (κ3) is 4.22. The van der Waals surface area contributed by atoms with Gasteiger partial charge < -0.3 is 4.18 Å². The molecule has 0 amide bonds. The summed E-state index contributed by atoms with van der Waals surface area (Å²) >= 11 is 0. The van der Waals surface area contributed by atoms with Crippen molar-refractivity contribution in [3.05, 3.63) is 29.8 Å². The first kappa shape index (κ1) is 14.9. The lowest BCUT2D eigenvalue weighted by Gasteiger charge is -2.30. The molecule has 0 radical (unpaired) electrons. The summed E-state index contributed by atoms with van der Waals surface area (Å²) in [5.74, 6) is 4.72. The van der Waals surface area contributed by atoms with E-state index in [0.29, 0.717) is 5.92 Å². The molecule has 19 heavy (non-hydrogen) atoms. The first-order valence-electron chi connectivity index (χ1n) is 7.42. The maximum absolute atomic E-state index is 6.17. The van der Waals surface area contributed by atoms with Crippen LogP contribution in [0, 0.1) is 5.92 Å². The normalized spacial score (nSPS) is 19.9. The lowest BCUT2D eigenvalue weighted by atomic mass is 9.73. The predicted molar refractivity (Wildman–Crippen MR) is 90.1 cm³/mol. The van der Waals surface area contributed by atoms with E-state index in [1.54, 1.807) is 0 Å². The smallest absolute Gasteiger partial charge is 0.154 e. The van der Waals surface area contributed by atoms with Gasteiger partial charge in [0.15, 0.2) is 7.28 Å². The van der Waals surface area contributed by atoms with Crippen LogP contribution in [-0.2, 0) is 4.18 Å². The van der Waals surface area contributed by atoms with Gasteiger partial charge in [-0.3, -0.25) is 0 Å². The van der Waals surface area contributed by atoms with Crippen LogP contribution in [0.5, 0.6) is 0 Å². The van der Waals surface area contributed by atoms with E-state index < -0.39 is 0 Å². The largest absolute Gasteiger partial charge is 0.315 e. The molecule has 1 fully saturated rings. The molecule has 3 heteroatoms. The van der Waals surface area contributed by atoms with E-state index in [9.17, 15) is 0 Å². The number of benzene rings is 1. The minimum absolute atomic E-state index is 0.205. The third-order valence-electron chi connectivity index (χ3n) is 4.06. The maximum atomic E-state index is 6.17. The van der Waals surface area contributed by atoms with Gasteiger partial charge in [0.05, 0.1) is 6.10 Å². The molecular weight excluding hydrogens is 251 g/mol. The lowest BCUT2D eigenvalue weighted by molar-refractivity contribution is 0.131. The van der Waals surface area contributed by atoms with Crippen LogP contribution in [0.25, 0.3) is 0 Å². The average Bonchev–Trinajstić information content (AvgIpc) is 2.46. The van der Waals surface area contributed by atoms with Gasteiger partial charge in [-0.1, -0.05) is 72.4 Å². The van der Waals surface area contributed by atoms with Crippen LogP contribution in [0.4, 0.5) is 0 Å². The van der Waals surface area contributed by atoms with Crippen molar-refractivity contribution in [2.45, 2.75) is 45.0 Å². The molecule has 1 aliphatic carbocycles. The van der Waals surface area contributed by atoms with E-state index in [1.165, 1.54) is 43.1 Å². The van der Waals surface area contributed by atoms with Gasteiger partial charge in [-0.15, -0.1) is 0 Å². The molecule has 0 bridgehead atoms. The highest BCUT2D eigenvalue weighted by Gasteiger charge is 2.26. The second-order valence-corrected chi connectivity index (χ2v) is 6.92. The van der Waals surface area contributed by atoms with Gasteiger partial charge in [0, 0.05) is 6.26 Å². The predicted octanol–water partition coefficient (Wildman–Crippen LogP) is 3.68. The fraction of sp³-hybridized carbons (Fsp3) is 0.562. The zero-order valence-corrected chi connectivity index (χ0v) is 13.0. The van der Waals surface area contributed by atoms with Gasteiger partial charge in [0.25, 0.3) is 0 Å². The summed E-state index contributed by atoms with van der Waals surface area (Å²) < 4.78 is 6.17. The summed E-state index contributed by atoms with van der Waals surface area (Å²) in [6, 6.07) is 8.99. The highest BCUT2D eigenvalue weighted by Crippen LogP contribution is 2.39. The van der Waals surface area contributed by atoms with E-state index in [4.69, 9.17) is 4.18 Å². The molecule has 0 aliphatic heterocycles. The zero-order chi connectivity index (χ0) is 13.7. The Morgan fingerprint density at radius 3 is 2.37 bits per heavy atom. The van der Waals surface area contributed by atoms with Crippen molar-refractivity contribution in [2.24, 2.45) is 5.92 Å². The first-order valence-corrected chi connectivity index (χ1v) is 9.15. The monoisotopic (exact) mass is 276 g/mol. The molecule has 2 rings (SSSR count). The van der Waals surface area contributed by atoms with E-state index in [0.717, 1.165) is 7.28 Å². The Labute approximate surface area is 121 Å². The summed E-state index contributed by atoms with van der Waals surface area (Å²) in [6.07, 6.45) is 9.01. The molecule has 0 saturated heterocycles. The Kier molecular flexibility index (Phi) is 5.71. The van der Waals surface area contributed by atoms with Crippen molar-refractivity contribution in [3.8, 4) is 0 Å². The highest BCUT2D eigenvalue weighted by atomic mass is 32.2. The highest BCUT2D eigenvalue weighted by molar-refractivity contribution is 8.09. The zero-order valence-electron chi connectivity index (χ0n) is 12.2. The molecule has 2 unspecified atom stereocenters. The van der Waals surface area contributed by atoms with Crippen LogP contribution in [0.3, 0.4) is 0 Å². The molecule has 1 aliphatic rings. The van der Waals surface area contributed by atoms with E-state index in [2.05, 4.69) is 43.2 Å². The molecule has 1 saturated carbocycles. The van der Waals surface area contributed by atoms with Gasteiger partial charge in [0.2, 0.25) is 0 Å². The Morgan fingerprint density at radius 1 is 1.21 bits per heavy atom. The molecule has 0 aromatic heterocycles. The van der Waals surface area contributed by atoms with Crippen LogP contribution < -0.4 is 5.46 Å². The fourth-order valence-electron chi connectivity index (χ4n) is 2.96. The first-order chi connectivity index (χ1) is 9.20. The fourth-order valence-corrected chi connectivity index (χ4v) is 3.59. The molecule has 0 N–H and O–H groups in total. The van der Waals surface area contributed by atoms with Gasteiger partial charge in [-0.05, 0) is 24.3 Å². The van der Waals surface area contributed by atoms with Gasteiger partial charge in [-0.2, -0.15) is 0 Å². The Hall–Kier alpha value is -0.535. The van der Waals surface area contributed by atoms with Gasteiger partial charge in [0.1, 0.15) is 0 Å². The van der Waals surface area contributed by atoms with Crippen molar-refractivity contribution in [1.82, 2.24) is 0 Å². The van der Waals surface area contributed by atoms with Crippen molar-refractivity contribution < 1.29 is 4.18 Å². The molecule has 0 heterocycles. The van der Waals surface area contributed by atoms with Crippen LogP contribution >= 0.6 is 10.8 Å². The molecule has 1 aromatic carbocycles. The van der Waals surface area contributed by atoms with E-state index >= 15 is 0 Å². The van der Waals surface area contributed by atoms with Gasteiger partial charge in [-0.25, -0.2) is 0 Å². The number of hydrogen-bond donors (Lipinski definition) is 0. The lowest BCUT2D eigenvalue weighted by Crippen LogP contribution is -2.19. The summed E-state index contributed by atoms with van der Waals surface area (Å²) in [4.78, 5) is 0. The van der Waals surface area contributed by atoms with Crippen LogP contribution in [0.15, 0.2) is 24.3 Å². The second kappa shape index (κ2) is 7.30. The minimum atomic E-state index is -0.205. The molecular formula is C16H25BOS. The Morgan fingerprint density at radius 2 is 1.84 bits per heavy atom. The van der Waals surface area contributed by atoms with E-state index in [-0.39, 0.29) is 16.9 Å². The van der Waals surface area contributed by atoms with Crippen LogP contribution in [0.1, 0.15) is 43.8 Å². The summed E-state index contributed by atoms with van der Waals surface area (Å²) in [6.45, 7) is 2.20. The summed E-state index contributed by atoms with van der Waals surface area (Å²) in [5, 5.41) is 0. The molecule has 1 aromatic rings. The Balaban J connectivity index is 2.17. The topological polar surface area (TPSA) is 9.23 Å². The maximum Gasteiger partial charge on any atom is 0.154 e. The summed E-state index contributed by atoms with van der Waals surface area (Å²) in [5.41, 5.74) is 2.74. The van der Waals surface area contributed by atoms with Crippen molar-refractivity contribution in [3.63, 3.8) is 0 Å². The summed E-state index contributed by atoms with van der Waals surface area (Å²) in [7, 11) is 0.895. The van der Waals surface area contributed by atoms with Crippen molar-refractivity contribution in [1.29, 1.82) is 0 Å². The molecule has 104 valence electrons. The van der Waals surface area contributed by atoms with Crippen LogP contribution in [0.2, 0.25) is 6.82 Å². The standard InChI is InChI=1S/C16H25BOS/c1-17-15-11-9-14(10-12-15)16(18-19(2)3)13-7-5-4-6-8-13/h9-13,16-17H,2,4-8H2,1,3H3. The minimum Gasteiger partial charge on any atom is -0.315 e. The van der Waals surface area contributed by atoms with E-state index in [1.807, 2.05) is 0 Å².